The highest BCUT2D eigenvalue weighted by atomic mass is 16.5. The lowest BCUT2D eigenvalue weighted by atomic mass is 9.96. The SMILES string of the molecule is COC(=O)C1CCN(C(=O)c2cc(C)n(Cc3ccco3)c2C)CC1. The molecule has 0 unspecified atom stereocenters. The van der Waals surface area contributed by atoms with Gasteiger partial charge < -0.3 is 18.6 Å². The second kappa shape index (κ2) is 7.17. The Balaban J connectivity index is 1.72. The van der Waals surface area contributed by atoms with E-state index < -0.39 is 0 Å². The summed E-state index contributed by atoms with van der Waals surface area (Å²) in [4.78, 5) is 26.4. The van der Waals surface area contributed by atoms with Crippen molar-refractivity contribution in [1.29, 1.82) is 0 Å². The van der Waals surface area contributed by atoms with Gasteiger partial charge in [0, 0.05) is 24.5 Å². The van der Waals surface area contributed by atoms with E-state index in [0.29, 0.717) is 32.5 Å². The Morgan fingerprint density at radius 1 is 1.28 bits per heavy atom. The van der Waals surface area contributed by atoms with E-state index in [4.69, 9.17) is 9.15 Å². The number of aryl methyl sites for hydroxylation is 1. The molecule has 1 fully saturated rings. The fraction of sp³-hybridized carbons (Fsp3) is 0.474. The van der Waals surface area contributed by atoms with E-state index in [1.807, 2.05) is 36.9 Å². The maximum Gasteiger partial charge on any atom is 0.308 e. The van der Waals surface area contributed by atoms with E-state index in [9.17, 15) is 9.59 Å². The summed E-state index contributed by atoms with van der Waals surface area (Å²) in [5.74, 6) is 0.617. The Bertz CT molecular complexity index is 753. The van der Waals surface area contributed by atoms with E-state index in [-0.39, 0.29) is 17.8 Å². The normalized spacial score (nSPS) is 15.4. The van der Waals surface area contributed by atoms with Crippen LogP contribution in [0.4, 0.5) is 0 Å². The van der Waals surface area contributed by atoms with Crippen LogP contribution in [0, 0.1) is 19.8 Å². The Kier molecular flexibility index (Phi) is 4.97. The number of methoxy groups -OCH3 is 1. The molecule has 0 aromatic carbocycles. The summed E-state index contributed by atoms with van der Waals surface area (Å²) in [7, 11) is 1.41. The molecule has 6 heteroatoms. The molecule has 1 aliphatic rings. The first-order valence-corrected chi connectivity index (χ1v) is 8.57. The Morgan fingerprint density at radius 3 is 2.60 bits per heavy atom. The number of carbonyl (C=O) groups is 2. The van der Waals surface area contributed by atoms with Crippen LogP contribution >= 0.6 is 0 Å². The number of aromatic nitrogens is 1. The lowest BCUT2D eigenvalue weighted by Gasteiger charge is -2.30. The van der Waals surface area contributed by atoms with Crippen molar-refractivity contribution in [2.24, 2.45) is 5.92 Å². The van der Waals surface area contributed by atoms with Gasteiger partial charge in [-0.05, 0) is 44.9 Å². The summed E-state index contributed by atoms with van der Waals surface area (Å²) in [5.41, 5.74) is 2.69. The first-order chi connectivity index (χ1) is 12.0. The van der Waals surface area contributed by atoms with Crippen LogP contribution < -0.4 is 0 Å². The van der Waals surface area contributed by atoms with Gasteiger partial charge in [0.1, 0.15) is 5.76 Å². The quantitative estimate of drug-likeness (QED) is 0.800. The molecule has 0 spiro atoms. The number of hydrogen-bond donors (Lipinski definition) is 0. The molecule has 25 heavy (non-hydrogen) atoms. The smallest absolute Gasteiger partial charge is 0.308 e. The molecule has 1 saturated heterocycles. The van der Waals surface area contributed by atoms with Crippen LogP contribution in [0.5, 0.6) is 0 Å². The number of piperidine rings is 1. The predicted octanol–water partition coefficient (Wildman–Crippen LogP) is 2.77. The average Bonchev–Trinajstić information content (AvgIpc) is 3.24. The van der Waals surface area contributed by atoms with E-state index >= 15 is 0 Å². The molecule has 134 valence electrons. The monoisotopic (exact) mass is 344 g/mol. The van der Waals surface area contributed by atoms with E-state index in [0.717, 1.165) is 22.7 Å². The number of carbonyl (C=O) groups excluding carboxylic acids is 2. The molecule has 2 aromatic rings. The third-order valence-corrected chi connectivity index (χ3v) is 5.01. The second-order valence-electron chi connectivity index (χ2n) is 6.54. The topological polar surface area (TPSA) is 64.7 Å². The molecule has 0 atom stereocenters. The molecule has 0 aliphatic carbocycles. The summed E-state index contributed by atoms with van der Waals surface area (Å²) in [6.45, 7) is 5.74. The van der Waals surface area contributed by atoms with Gasteiger partial charge in [-0.3, -0.25) is 9.59 Å². The zero-order valence-electron chi connectivity index (χ0n) is 14.9. The summed E-state index contributed by atoms with van der Waals surface area (Å²) in [6, 6.07) is 5.73. The van der Waals surface area contributed by atoms with Crippen molar-refractivity contribution in [3.8, 4) is 0 Å². The minimum Gasteiger partial charge on any atom is -0.469 e. The molecule has 0 bridgehead atoms. The molecule has 0 radical (unpaired) electrons. The van der Waals surface area contributed by atoms with Crippen molar-refractivity contribution in [3.63, 3.8) is 0 Å². The van der Waals surface area contributed by atoms with Crippen molar-refractivity contribution < 1.29 is 18.7 Å². The lowest BCUT2D eigenvalue weighted by molar-refractivity contribution is -0.146. The summed E-state index contributed by atoms with van der Waals surface area (Å²) >= 11 is 0. The zero-order chi connectivity index (χ0) is 18.0. The molecule has 0 N–H and O–H groups in total. The summed E-state index contributed by atoms with van der Waals surface area (Å²) in [6.07, 6.45) is 2.97. The van der Waals surface area contributed by atoms with Crippen molar-refractivity contribution in [3.05, 3.63) is 47.2 Å². The molecule has 3 rings (SSSR count). The van der Waals surface area contributed by atoms with Crippen LogP contribution in [0.1, 0.15) is 40.3 Å². The van der Waals surface area contributed by atoms with Crippen LogP contribution in [0.25, 0.3) is 0 Å². The third kappa shape index (κ3) is 3.48. The van der Waals surface area contributed by atoms with Crippen LogP contribution in [-0.2, 0) is 16.1 Å². The van der Waals surface area contributed by atoms with Crippen molar-refractivity contribution >= 4 is 11.9 Å². The Hall–Kier alpha value is -2.50. The summed E-state index contributed by atoms with van der Waals surface area (Å²) < 4.78 is 12.3. The van der Waals surface area contributed by atoms with Crippen LogP contribution in [0.2, 0.25) is 0 Å². The summed E-state index contributed by atoms with van der Waals surface area (Å²) in [5, 5.41) is 0. The van der Waals surface area contributed by atoms with Gasteiger partial charge in [0.25, 0.3) is 5.91 Å². The van der Waals surface area contributed by atoms with Gasteiger partial charge in [0.2, 0.25) is 0 Å². The third-order valence-electron chi connectivity index (χ3n) is 5.01. The van der Waals surface area contributed by atoms with Crippen molar-refractivity contribution in [2.75, 3.05) is 20.2 Å². The number of hydrogen-bond acceptors (Lipinski definition) is 4. The maximum atomic E-state index is 12.9. The number of ether oxygens (including phenoxy) is 1. The molecular formula is C19H24N2O4. The minimum atomic E-state index is -0.177. The Labute approximate surface area is 147 Å². The van der Waals surface area contributed by atoms with Gasteiger partial charge >= 0.3 is 5.97 Å². The highest BCUT2D eigenvalue weighted by Gasteiger charge is 2.29. The number of furan rings is 1. The molecule has 3 heterocycles. The highest BCUT2D eigenvalue weighted by Crippen LogP contribution is 2.23. The lowest BCUT2D eigenvalue weighted by Crippen LogP contribution is -2.40. The largest absolute Gasteiger partial charge is 0.469 e. The van der Waals surface area contributed by atoms with Gasteiger partial charge in [-0.15, -0.1) is 0 Å². The molecule has 1 amide bonds. The van der Waals surface area contributed by atoms with E-state index in [1.165, 1.54) is 7.11 Å². The second-order valence-corrected chi connectivity index (χ2v) is 6.54. The maximum absolute atomic E-state index is 12.9. The number of esters is 1. The van der Waals surface area contributed by atoms with Gasteiger partial charge in [-0.1, -0.05) is 0 Å². The average molecular weight is 344 g/mol. The fourth-order valence-corrected chi connectivity index (χ4v) is 3.47. The van der Waals surface area contributed by atoms with Crippen LogP contribution in [0.15, 0.2) is 28.9 Å². The minimum absolute atomic E-state index is 0.0297. The van der Waals surface area contributed by atoms with E-state index in [1.54, 1.807) is 6.26 Å². The van der Waals surface area contributed by atoms with Gasteiger partial charge in [-0.2, -0.15) is 0 Å². The van der Waals surface area contributed by atoms with Gasteiger partial charge in [0.05, 0.1) is 31.4 Å². The molecule has 0 saturated carbocycles. The van der Waals surface area contributed by atoms with Gasteiger partial charge in [0.15, 0.2) is 0 Å². The highest BCUT2D eigenvalue weighted by molar-refractivity contribution is 5.96. The number of nitrogens with zero attached hydrogens (tertiary/aromatic N) is 2. The fourth-order valence-electron chi connectivity index (χ4n) is 3.47. The molecule has 2 aromatic heterocycles. The first-order valence-electron chi connectivity index (χ1n) is 8.57. The van der Waals surface area contributed by atoms with Crippen molar-refractivity contribution in [1.82, 2.24) is 9.47 Å². The van der Waals surface area contributed by atoms with Crippen LogP contribution in [0.3, 0.4) is 0 Å². The molecule has 6 nitrogen and oxygen atoms in total. The molecule has 1 aliphatic heterocycles. The van der Waals surface area contributed by atoms with Crippen molar-refractivity contribution in [2.45, 2.75) is 33.2 Å². The molecular weight excluding hydrogens is 320 g/mol. The van der Waals surface area contributed by atoms with Gasteiger partial charge in [-0.25, -0.2) is 0 Å². The van der Waals surface area contributed by atoms with Crippen LogP contribution in [-0.4, -0.2) is 41.5 Å². The number of amides is 1. The van der Waals surface area contributed by atoms with E-state index in [2.05, 4.69) is 4.57 Å². The first kappa shape index (κ1) is 17.3. The predicted molar refractivity (Wildman–Crippen MR) is 92.4 cm³/mol. The Morgan fingerprint density at radius 2 is 2.00 bits per heavy atom. The standard InChI is InChI=1S/C19H24N2O4/c1-13-11-17(14(2)21(13)12-16-5-4-10-25-16)18(22)20-8-6-15(7-9-20)19(23)24-3/h4-5,10-11,15H,6-9,12H2,1-3H3. The number of rotatable bonds is 4. The zero-order valence-corrected chi connectivity index (χ0v) is 14.9. The number of likely N-dealkylation sites (tertiary alicyclic amines) is 1.